The summed E-state index contributed by atoms with van der Waals surface area (Å²) in [5.74, 6) is -0.428. The Bertz CT molecular complexity index is 1580. The summed E-state index contributed by atoms with van der Waals surface area (Å²) in [6.07, 6.45) is 6.99. The summed E-state index contributed by atoms with van der Waals surface area (Å²) in [6, 6.07) is 19.9. The number of sulfonamides is 1. The molecule has 1 fully saturated rings. The minimum atomic E-state index is -3.60. The van der Waals surface area contributed by atoms with Crippen molar-refractivity contribution in [1.29, 1.82) is 0 Å². The Hall–Kier alpha value is -3.07. The van der Waals surface area contributed by atoms with Gasteiger partial charge in [0.15, 0.2) is 0 Å². The molecule has 7 nitrogen and oxygen atoms in total. The molecular weight excluding hydrogens is 629 g/mol. The normalized spacial score (nSPS) is 14.5. The van der Waals surface area contributed by atoms with Crippen molar-refractivity contribution in [1.82, 2.24) is 10.2 Å². The van der Waals surface area contributed by atoms with Crippen LogP contribution in [-0.4, -0.2) is 50.0 Å². The van der Waals surface area contributed by atoms with Gasteiger partial charge in [0.1, 0.15) is 6.04 Å². The molecule has 1 N–H and O–H groups in total. The van der Waals surface area contributed by atoms with Crippen LogP contribution in [0.5, 0.6) is 0 Å². The number of amides is 2. The first-order valence-electron chi connectivity index (χ1n) is 15.5. The van der Waals surface area contributed by atoms with E-state index >= 15 is 0 Å². The topological polar surface area (TPSA) is 86.8 Å². The number of nitrogens with zero attached hydrogens (tertiary/aromatic N) is 2. The highest BCUT2D eigenvalue weighted by Crippen LogP contribution is 2.27. The molecule has 10 heteroatoms. The van der Waals surface area contributed by atoms with Crippen LogP contribution >= 0.6 is 23.2 Å². The average molecular weight is 673 g/mol. The van der Waals surface area contributed by atoms with Crippen molar-refractivity contribution >= 4 is 50.7 Å². The second kappa shape index (κ2) is 16.0. The Labute approximate surface area is 278 Å². The lowest BCUT2D eigenvalue weighted by Crippen LogP contribution is -2.53. The van der Waals surface area contributed by atoms with Gasteiger partial charge in [-0.15, -0.1) is 0 Å². The Morgan fingerprint density at radius 1 is 0.911 bits per heavy atom. The van der Waals surface area contributed by atoms with E-state index in [1.807, 2.05) is 62.4 Å². The summed E-state index contributed by atoms with van der Waals surface area (Å²) in [5.41, 5.74) is 4.06. The van der Waals surface area contributed by atoms with Gasteiger partial charge in [0, 0.05) is 32.0 Å². The average Bonchev–Trinajstić information content (AvgIpc) is 3.00. The molecule has 4 rings (SSSR count). The van der Waals surface area contributed by atoms with E-state index in [-0.39, 0.29) is 43.8 Å². The summed E-state index contributed by atoms with van der Waals surface area (Å²) < 4.78 is 27.1. The van der Waals surface area contributed by atoms with Crippen LogP contribution in [0, 0.1) is 13.8 Å². The lowest BCUT2D eigenvalue weighted by molar-refractivity contribution is -0.141. The van der Waals surface area contributed by atoms with Crippen LogP contribution in [-0.2, 0) is 32.6 Å². The molecule has 1 atom stereocenters. The molecule has 3 aromatic carbocycles. The fourth-order valence-electron chi connectivity index (χ4n) is 5.90. The second-order valence-electron chi connectivity index (χ2n) is 12.0. The number of nitrogens with one attached hydrogen (secondary N) is 1. The standard InChI is InChI=1S/C35H43Cl2N3O4S/c1-25-16-17-26(2)32(21-25)40(45(3,43)44)20-10-15-34(41)39(24-28-18-19-30(36)31(37)22-28)33(23-27-11-6-4-7-12-27)35(42)38-29-13-8-5-9-14-29/h4,6-7,11-12,16-19,21-22,29,33H,5,8-10,13-15,20,23-24H2,1-3H3,(H,38,42)/t33-/m1/s1. The molecule has 1 aliphatic carbocycles. The minimum Gasteiger partial charge on any atom is -0.352 e. The quantitative estimate of drug-likeness (QED) is 0.207. The number of aryl methyl sites for hydroxylation is 2. The zero-order chi connectivity index (χ0) is 32.6. The number of rotatable bonds is 13. The highest BCUT2D eigenvalue weighted by molar-refractivity contribution is 7.92. The van der Waals surface area contributed by atoms with Crippen molar-refractivity contribution in [3.63, 3.8) is 0 Å². The third-order valence-electron chi connectivity index (χ3n) is 8.35. The largest absolute Gasteiger partial charge is 0.352 e. The van der Waals surface area contributed by atoms with Gasteiger partial charge < -0.3 is 10.2 Å². The van der Waals surface area contributed by atoms with Gasteiger partial charge in [-0.05, 0) is 73.6 Å². The highest BCUT2D eigenvalue weighted by Gasteiger charge is 2.32. The zero-order valence-electron chi connectivity index (χ0n) is 26.3. The predicted molar refractivity (Wildman–Crippen MR) is 183 cm³/mol. The van der Waals surface area contributed by atoms with Gasteiger partial charge in [0.05, 0.1) is 22.0 Å². The molecule has 0 bridgehead atoms. The number of benzene rings is 3. The fourth-order valence-corrected chi connectivity index (χ4v) is 7.24. The van der Waals surface area contributed by atoms with E-state index in [0.717, 1.165) is 54.4 Å². The molecule has 1 saturated carbocycles. The van der Waals surface area contributed by atoms with Crippen LogP contribution in [0.25, 0.3) is 0 Å². The van der Waals surface area contributed by atoms with Crippen LogP contribution in [0.3, 0.4) is 0 Å². The zero-order valence-corrected chi connectivity index (χ0v) is 28.6. The molecular formula is C35H43Cl2N3O4S. The molecule has 3 aromatic rings. The van der Waals surface area contributed by atoms with Gasteiger partial charge in [-0.2, -0.15) is 0 Å². The number of halogens is 2. The highest BCUT2D eigenvalue weighted by atomic mass is 35.5. The van der Waals surface area contributed by atoms with E-state index in [1.165, 1.54) is 10.6 Å². The molecule has 0 heterocycles. The number of hydrogen-bond donors (Lipinski definition) is 1. The van der Waals surface area contributed by atoms with Crippen molar-refractivity contribution in [3.8, 4) is 0 Å². The van der Waals surface area contributed by atoms with E-state index in [0.29, 0.717) is 22.2 Å². The number of carbonyl (C=O) groups excluding carboxylic acids is 2. The summed E-state index contributed by atoms with van der Waals surface area (Å²) in [4.78, 5) is 29.8. The smallest absolute Gasteiger partial charge is 0.243 e. The predicted octanol–water partition coefficient (Wildman–Crippen LogP) is 7.25. The lowest BCUT2D eigenvalue weighted by atomic mass is 9.94. The fraction of sp³-hybridized carbons (Fsp3) is 0.429. The van der Waals surface area contributed by atoms with Crippen LogP contribution in [0.1, 0.15) is 67.2 Å². The van der Waals surface area contributed by atoms with E-state index in [9.17, 15) is 18.0 Å². The Morgan fingerprint density at radius 2 is 1.62 bits per heavy atom. The molecule has 0 spiro atoms. The third-order valence-corrected chi connectivity index (χ3v) is 10.3. The first-order valence-corrected chi connectivity index (χ1v) is 18.2. The van der Waals surface area contributed by atoms with Gasteiger partial charge >= 0.3 is 0 Å². The molecule has 0 aliphatic heterocycles. The maximum atomic E-state index is 14.1. The van der Waals surface area contributed by atoms with Crippen molar-refractivity contribution < 1.29 is 18.0 Å². The monoisotopic (exact) mass is 671 g/mol. The Kier molecular flexibility index (Phi) is 12.3. The SMILES string of the molecule is Cc1ccc(C)c(N(CCCC(=O)N(Cc2ccc(Cl)c(Cl)c2)[C@H](Cc2ccccc2)C(=O)NC2CCCCC2)S(C)(=O)=O)c1. The third kappa shape index (κ3) is 9.96. The maximum Gasteiger partial charge on any atom is 0.243 e. The van der Waals surface area contributed by atoms with E-state index in [4.69, 9.17) is 23.2 Å². The van der Waals surface area contributed by atoms with Gasteiger partial charge in [-0.3, -0.25) is 13.9 Å². The molecule has 0 radical (unpaired) electrons. The first kappa shape index (κ1) is 34.8. The summed E-state index contributed by atoms with van der Waals surface area (Å²) in [7, 11) is -3.60. The van der Waals surface area contributed by atoms with Crippen LogP contribution < -0.4 is 9.62 Å². The molecule has 0 aromatic heterocycles. The van der Waals surface area contributed by atoms with Gasteiger partial charge in [-0.1, -0.05) is 91.0 Å². The first-order chi connectivity index (χ1) is 21.4. The summed E-state index contributed by atoms with van der Waals surface area (Å²) in [5, 5.41) is 4.01. The van der Waals surface area contributed by atoms with E-state index in [2.05, 4.69) is 5.32 Å². The Balaban J connectivity index is 1.62. The lowest BCUT2D eigenvalue weighted by Gasteiger charge is -2.34. The van der Waals surface area contributed by atoms with Crippen molar-refractivity contribution in [2.45, 2.75) is 83.8 Å². The van der Waals surface area contributed by atoms with E-state index in [1.54, 1.807) is 23.1 Å². The molecule has 0 unspecified atom stereocenters. The number of anilines is 1. The second-order valence-corrected chi connectivity index (χ2v) is 14.8. The molecule has 0 saturated heterocycles. The van der Waals surface area contributed by atoms with Gasteiger partial charge in [0.25, 0.3) is 0 Å². The van der Waals surface area contributed by atoms with Crippen molar-refractivity contribution in [3.05, 3.63) is 99.0 Å². The Morgan fingerprint density at radius 3 is 2.29 bits per heavy atom. The molecule has 242 valence electrons. The van der Waals surface area contributed by atoms with Gasteiger partial charge in [-0.25, -0.2) is 8.42 Å². The molecule has 45 heavy (non-hydrogen) atoms. The van der Waals surface area contributed by atoms with Crippen molar-refractivity contribution in [2.24, 2.45) is 0 Å². The maximum absolute atomic E-state index is 14.1. The summed E-state index contributed by atoms with van der Waals surface area (Å²) in [6.45, 7) is 4.07. The molecule has 1 aliphatic rings. The summed E-state index contributed by atoms with van der Waals surface area (Å²) >= 11 is 12.5. The van der Waals surface area contributed by atoms with Crippen LogP contribution in [0.4, 0.5) is 5.69 Å². The minimum absolute atomic E-state index is 0.0558. The molecule has 2 amide bonds. The van der Waals surface area contributed by atoms with Crippen molar-refractivity contribution in [2.75, 3.05) is 17.1 Å². The number of carbonyl (C=O) groups is 2. The number of hydrogen-bond acceptors (Lipinski definition) is 4. The van der Waals surface area contributed by atoms with Crippen LogP contribution in [0.2, 0.25) is 10.0 Å². The van der Waals surface area contributed by atoms with Crippen LogP contribution in [0.15, 0.2) is 66.7 Å². The van der Waals surface area contributed by atoms with Gasteiger partial charge in [0.2, 0.25) is 21.8 Å². The van der Waals surface area contributed by atoms with E-state index < -0.39 is 16.1 Å².